The number of rotatable bonds is 7. The fraction of sp³-hybridized carbons (Fsp3) is 0.333. The summed E-state index contributed by atoms with van der Waals surface area (Å²) in [7, 11) is -4.30. The molecule has 2 atom stereocenters. The van der Waals surface area contributed by atoms with Crippen LogP contribution < -0.4 is 9.47 Å². The van der Waals surface area contributed by atoms with E-state index in [0.717, 1.165) is 16.4 Å². The third-order valence-electron chi connectivity index (χ3n) is 5.05. The fourth-order valence-electron chi connectivity index (χ4n) is 3.33. The summed E-state index contributed by atoms with van der Waals surface area (Å²) in [5.74, 6) is -0.746. The molecule has 34 heavy (non-hydrogen) atoms. The van der Waals surface area contributed by atoms with Gasteiger partial charge in [-0.3, -0.25) is 0 Å². The van der Waals surface area contributed by atoms with Crippen LogP contribution in [0.1, 0.15) is 11.1 Å². The molecule has 0 radical (unpaired) electrons. The van der Waals surface area contributed by atoms with Crippen LogP contribution in [0.3, 0.4) is 0 Å². The summed E-state index contributed by atoms with van der Waals surface area (Å²) in [4.78, 5) is -0.314. The predicted octanol–water partition coefficient (Wildman–Crippen LogP) is 1.55. The van der Waals surface area contributed by atoms with Gasteiger partial charge < -0.3 is 19.7 Å². The largest absolute Gasteiger partial charge is 0.482 e. The maximum absolute atomic E-state index is 13.1. The van der Waals surface area contributed by atoms with Gasteiger partial charge in [0.2, 0.25) is 10.0 Å². The number of sulfonamides is 1. The standard InChI is InChI=1S/C21H18F3N3O6S/c22-21(23,24)13-32-17-7-14(8-25)5-6-16(17)33-19-10-27(11-20(19,29)12-28)34(30,31)18-4-2-1-3-15(18)9-26/h1-7,19,28-29H,10-13H2/t19?,20-/m1/s1. The highest BCUT2D eigenvalue weighted by molar-refractivity contribution is 7.89. The molecule has 9 nitrogen and oxygen atoms in total. The molecule has 3 rings (SSSR count). The lowest BCUT2D eigenvalue weighted by molar-refractivity contribution is -0.153. The van der Waals surface area contributed by atoms with Gasteiger partial charge in [-0.05, 0) is 24.3 Å². The van der Waals surface area contributed by atoms with Gasteiger partial charge in [-0.1, -0.05) is 12.1 Å². The van der Waals surface area contributed by atoms with Crippen LogP contribution in [-0.4, -0.2) is 67.1 Å². The third-order valence-corrected chi connectivity index (χ3v) is 6.92. The molecule has 180 valence electrons. The number of hydrogen-bond donors (Lipinski definition) is 2. The van der Waals surface area contributed by atoms with E-state index in [1.54, 1.807) is 12.1 Å². The van der Waals surface area contributed by atoms with Gasteiger partial charge in [0.25, 0.3) is 0 Å². The van der Waals surface area contributed by atoms with E-state index in [4.69, 9.17) is 14.7 Å². The summed E-state index contributed by atoms with van der Waals surface area (Å²) in [6.07, 6.45) is -6.10. The van der Waals surface area contributed by atoms with Crippen molar-refractivity contribution < 1.29 is 41.3 Å². The number of nitriles is 2. The number of aliphatic hydroxyl groups excluding tert-OH is 1. The van der Waals surface area contributed by atoms with Crippen LogP contribution in [0.25, 0.3) is 0 Å². The Morgan fingerprint density at radius 1 is 1.15 bits per heavy atom. The molecule has 1 saturated heterocycles. The zero-order valence-corrected chi connectivity index (χ0v) is 18.2. The molecule has 1 unspecified atom stereocenters. The molecule has 1 fully saturated rings. The van der Waals surface area contributed by atoms with Crippen LogP contribution >= 0.6 is 0 Å². The zero-order valence-electron chi connectivity index (χ0n) is 17.4. The maximum Gasteiger partial charge on any atom is 0.422 e. The number of ether oxygens (including phenoxy) is 2. The number of β-amino-alcohol motifs (C(OH)–C–C–N with tert-alkyl or cyclic N) is 1. The van der Waals surface area contributed by atoms with Crippen molar-refractivity contribution >= 4 is 10.0 Å². The van der Waals surface area contributed by atoms with Crippen molar-refractivity contribution in [1.82, 2.24) is 4.31 Å². The van der Waals surface area contributed by atoms with Crippen molar-refractivity contribution in [3.8, 4) is 23.6 Å². The van der Waals surface area contributed by atoms with Crippen molar-refractivity contribution in [1.29, 1.82) is 10.5 Å². The number of alkyl halides is 3. The van der Waals surface area contributed by atoms with E-state index in [1.807, 2.05) is 0 Å². The zero-order chi connectivity index (χ0) is 25.1. The average Bonchev–Trinajstić information content (AvgIpc) is 3.15. The quantitative estimate of drug-likeness (QED) is 0.586. The van der Waals surface area contributed by atoms with Crippen LogP contribution in [-0.2, 0) is 10.0 Å². The van der Waals surface area contributed by atoms with Crippen molar-refractivity contribution in [3.05, 3.63) is 53.6 Å². The lowest BCUT2D eigenvalue weighted by atomic mass is 10.0. The first-order chi connectivity index (χ1) is 15.9. The second-order valence-corrected chi connectivity index (χ2v) is 9.36. The third kappa shape index (κ3) is 5.24. The van der Waals surface area contributed by atoms with Gasteiger partial charge in [0, 0.05) is 12.6 Å². The van der Waals surface area contributed by atoms with Gasteiger partial charge in [-0.15, -0.1) is 0 Å². The van der Waals surface area contributed by atoms with E-state index in [1.165, 1.54) is 30.3 Å². The van der Waals surface area contributed by atoms with Crippen LogP contribution in [0, 0.1) is 22.7 Å². The molecule has 0 amide bonds. The van der Waals surface area contributed by atoms with Gasteiger partial charge in [-0.25, -0.2) is 8.42 Å². The van der Waals surface area contributed by atoms with Gasteiger partial charge in [0.15, 0.2) is 18.1 Å². The normalized spacial score (nSPS) is 21.0. The Labute approximate surface area is 192 Å². The summed E-state index contributed by atoms with van der Waals surface area (Å²) in [6, 6.07) is 12.3. The first-order valence-corrected chi connectivity index (χ1v) is 11.1. The van der Waals surface area contributed by atoms with Crippen molar-refractivity contribution in [3.63, 3.8) is 0 Å². The number of hydrogen-bond acceptors (Lipinski definition) is 8. The van der Waals surface area contributed by atoms with Gasteiger partial charge in [0.1, 0.15) is 17.8 Å². The summed E-state index contributed by atoms with van der Waals surface area (Å²) in [5.41, 5.74) is -2.27. The molecule has 0 bridgehead atoms. The second-order valence-electron chi connectivity index (χ2n) is 7.45. The van der Waals surface area contributed by atoms with Crippen LogP contribution in [0.5, 0.6) is 11.5 Å². The lowest BCUT2D eigenvalue weighted by Gasteiger charge is -2.27. The Hall–Kier alpha value is -3.36. The Bertz CT molecular complexity index is 1260. The molecule has 0 spiro atoms. The minimum absolute atomic E-state index is 0.0225. The Morgan fingerprint density at radius 2 is 1.85 bits per heavy atom. The first kappa shape index (κ1) is 25.3. The predicted molar refractivity (Wildman–Crippen MR) is 109 cm³/mol. The molecule has 2 aromatic carbocycles. The first-order valence-electron chi connectivity index (χ1n) is 9.66. The molecule has 0 saturated carbocycles. The molecule has 0 aliphatic carbocycles. The van der Waals surface area contributed by atoms with E-state index in [2.05, 4.69) is 0 Å². The lowest BCUT2D eigenvalue weighted by Crippen LogP contribution is -2.48. The molecular formula is C21H18F3N3O6S. The monoisotopic (exact) mass is 497 g/mol. The molecule has 1 heterocycles. The van der Waals surface area contributed by atoms with E-state index >= 15 is 0 Å². The smallest absolute Gasteiger partial charge is 0.422 e. The Kier molecular flexibility index (Phi) is 7.05. The highest BCUT2D eigenvalue weighted by Gasteiger charge is 2.51. The molecular weight excluding hydrogens is 479 g/mol. The molecule has 2 N–H and O–H groups in total. The summed E-state index contributed by atoms with van der Waals surface area (Å²) < 4.78 is 75.3. The van der Waals surface area contributed by atoms with Gasteiger partial charge in [-0.2, -0.15) is 28.0 Å². The summed E-state index contributed by atoms with van der Waals surface area (Å²) in [5, 5.41) is 38.9. The summed E-state index contributed by atoms with van der Waals surface area (Å²) in [6.45, 7) is -3.71. The van der Waals surface area contributed by atoms with E-state index < -0.39 is 60.0 Å². The molecule has 1 aliphatic heterocycles. The topological polar surface area (TPSA) is 144 Å². The van der Waals surface area contributed by atoms with Crippen LogP contribution in [0.15, 0.2) is 47.4 Å². The SMILES string of the molecule is N#Cc1ccc(OC2CN(S(=O)(=O)c3ccccc3C#N)C[C@@]2(O)CO)c(OCC(F)(F)F)c1. The van der Waals surface area contributed by atoms with E-state index in [-0.39, 0.29) is 21.8 Å². The minimum atomic E-state index is -4.68. The summed E-state index contributed by atoms with van der Waals surface area (Å²) >= 11 is 0. The molecule has 13 heteroatoms. The number of benzene rings is 2. The van der Waals surface area contributed by atoms with Crippen molar-refractivity contribution in [2.24, 2.45) is 0 Å². The number of nitrogens with zero attached hydrogens (tertiary/aromatic N) is 3. The van der Waals surface area contributed by atoms with Gasteiger partial charge in [0.05, 0.1) is 35.2 Å². The Balaban J connectivity index is 1.92. The van der Waals surface area contributed by atoms with E-state index in [0.29, 0.717) is 0 Å². The molecule has 1 aliphatic rings. The number of halogens is 3. The average molecular weight is 497 g/mol. The Morgan fingerprint density at radius 3 is 2.47 bits per heavy atom. The molecule has 0 aromatic heterocycles. The van der Waals surface area contributed by atoms with Crippen LogP contribution in [0.4, 0.5) is 13.2 Å². The van der Waals surface area contributed by atoms with Crippen LogP contribution in [0.2, 0.25) is 0 Å². The van der Waals surface area contributed by atoms with Crippen molar-refractivity contribution in [2.45, 2.75) is 22.8 Å². The maximum atomic E-state index is 13.1. The minimum Gasteiger partial charge on any atom is -0.482 e. The van der Waals surface area contributed by atoms with Crippen molar-refractivity contribution in [2.75, 3.05) is 26.3 Å². The molecule has 2 aromatic rings. The fourth-order valence-corrected chi connectivity index (χ4v) is 4.98. The second kappa shape index (κ2) is 9.48. The number of aliphatic hydroxyl groups is 2. The highest BCUT2D eigenvalue weighted by atomic mass is 32.2. The highest BCUT2D eigenvalue weighted by Crippen LogP contribution is 2.36. The van der Waals surface area contributed by atoms with E-state index in [9.17, 15) is 37.1 Å². The van der Waals surface area contributed by atoms with Gasteiger partial charge >= 0.3 is 6.18 Å².